The summed E-state index contributed by atoms with van der Waals surface area (Å²) in [6.45, 7) is 7.63. The largest absolute Gasteiger partial charge is 0.508 e. The van der Waals surface area contributed by atoms with Crippen LogP contribution in [0.4, 0.5) is 0 Å². The van der Waals surface area contributed by atoms with Crippen molar-refractivity contribution in [3.05, 3.63) is 29.3 Å². The molecule has 3 atom stereocenters. The first-order valence-electron chi connectivity index (χ1n) is 8.09. The quantitative estimate of drug-likeness (QED) is 0.825. The predicted octanol–water partition coefficient (Wildman–Crippen LogP) is 4.57. The van der Waals surface area contributed by atoms with Crippen LogP contribution in [0, 0.1) is 18.8 Å². The van der Waals surface area contributed by atoms with Gasteiger partial charge in [0.1, 0.15) is 5.75 Å². The number of aromatic hydroxyl groups is 1. The van der Waals surface area contributed by atoms with E-state index in [1.54, 1.807) is 6.07 Å². The molecule has 2 nitrogen and oxygen atoms in total. The first kappa shape index (κ1) is 15.4. The number of rotatable bonds is 5. The van der Waals surface area contributed by atoms with Crippen LogP contribution in [0.25, 0.3) is 0 Å². The van der Waals surface area contributed by atoms with Gasteiger partial charge in [0.05, 0.1) is 0 Å². The molecule has 0 aliphatic heterocycles. The molecule has 2 N–H and O–H groups in total. The van der Waals surface area contributed by atoms with Crippen LogP contribution in [0.1, 0.15) is 63.1 Å². The van der Waals surface area contributed by atoms with Gasteiger partial charge in [-0.3, -0.25) is 0 Å². The summed E-state index contributed by atoms with van der Waals surface area (Å²) in [5, 5.41) is 13.5. The molecule has 2 rings (SSSR count). The van der Waals surface area contributed by atoms with Crippen LogP contribution in [0.5, 0.6) is 5.75 Å². The van der Waals surface area contributed by atoms with Gasteiger partial charge in [-0.2, -0.15) is 0 Å². The summed E-state index contributed by atoms with van der Waals surface area (Å²) < 4.78 is 0. The summed E-state index contributed by atoms with van der Waals surface area (Å²) in [5.74, 6) is 2.21. The van der Waals surface area contributed by atoms with Crippen molar-refractivity contribution >= 4 is 0 Å². The summed E-state index contributed by atoms with van der Waals surface area (Å²) in [6, 6.07) is 6.05. The van der Waals surface area contributed by atoms with Crippen LogP contribution in [-0.4, -0.2) is 11.7 Å². The van der Waals surface area contributed by atoms with Crippen molar-refractivity contribution < 1.29 is 5.11 Å². The molecule has 1 aromatic rings. The zero-order valence-electron chi connectivity index (χ0n) is 13.2. The van der Waals surface area contributed by atoms with Gasteiger partial charge in [-0.15, -0.1) is 0 Å². The molecule has 3 unspecified atom stereocenters. The maximum absolute atomic E-state index is 9.95. The standard InChI is InChI=1S/C18H29NO/c1-13-5-4-6-16(11-13)9-10-19-15(3)17-12-14(2)7-8-18(17)20/h7-8,12-13,15-16,19-20H,4-6,9-11H2,1-3H3. The minimum atomic E-state index is 0.218. The highest BCUT2D eigenvalue weighted by Crippen LogP contribution is 2.31. The van der Waals surface area contributed by atoms with Crippen molar-refractivity contribution in [3.63, 3.8) is 0 Å². The third kappa shape index (κ3) is 4.24. The Hall–Kier alpha value is -1.02. The zero-order valence-corrected chi connectivity index (χ0v) is 13.2. The molecule has 1 aliphatic carbocycles. The Labute approximate surface area is 123 Å². The van der Waals surface area contributed by atoms with Gasteiger partial charge in [-0.05, 0) is 51.1 Å². The zero-order chi connectivity index (χ0) is 14.5. The molecule has 0 amide bonds. The summed E-state index contributed by atoms with van der Waals surface area (Å²) in [4.78, 5) is 0. The number of hydrogen-bond acceptors (Lipinski definition) is 2. The Morgan fingerprint density at radius 2 is 2.15 bits per heavy atom. The molecule has 20 heavy (non-hydrogen) atoms. The minimum absolute atomic E-state index is 0.218. The molecule has 0 bridgehead atoms. The smallest absolute Gasteiger partial charge is 0.120 e. The van der Waals surface area contributed by atoms with Crippen molar-refractivity contribution in [1.82, 2.24) is 5.32 Å². The van der Waals surface area contributed by atoms with Gasteiger partial charge < -0.3 is 10.4 Å². The van der Waals surface area contributed by atoms with Gasteiger partial charge in [-0.25, -0.2) is 0 Å². The number of nitrogens with one attached hydrogen (secondary N) is 1. The van der Waals surface area contributed by atoms with Crippen molar-refractivity contribution in [1.29, 1.82) is 0 Å². The first-order chi connectivity index (χ1) is 9.56. The Balaban J connectivity index is 1.80. The van der Waals surface area contributed by atoms with Crippen molar-refractivity contribution in [2.24, 2.45) is 11.8 Å². The normalized spacial score (nSPS) is 24.6. The molecule has 1 aromatic carbocycles. The van der Waals surface area contributed by atoms with Gasteiger partial charge in [0.15, 0.2) is 0 Å². The van der Waals surface area contributed by atoms with Crippen LogP contribution >= 0.6 is 0 Å². The van der Waals surface area contributed by atoms with Gasteiger partial charge in [0.2, 0.25) is 0 Å². The SMILES string of the molecule is Cc1ccc(O)c(C(C)NCCC2CCCC(C)C2)c1. The summed E-state index contributed by atoms with van der Waals surface area (Å²) in [5.41, 5.74) is 2.22. The molecule has 2 heteroatoms. The Morgan fingerprint density at radius 1 is 1.35 bits per heavy atom. The molecule has 0 radical (unpaired) electrons. The number of hydrogen-bond donors (Lipinski definition) is 2. The van der Waals surface area contributed by atoms with Gasteiger partial charge in [0.25, 0.3) is 0 Å². The third-order valence-corrected chi connectivity index (χ3v) is 4.70. The van der Waals surface area contributed by atoms with Crippen LogP contribution in [0.2, 0.25) is 0 Å². The van der Waals surface area contributed by atoms with E-state index in [1.165, 1.54) is 37.7 Å². The predicted molar refractivity (Wildman–Crippen MR) is 85.0 cm³/mol. The van der Waals surface area contributed by atoms with E-state index in [2.05, 4.69) is 32.2 Å². The van der Waals surface area contributed by atoms with Crippen LogP contribution in [0.15, 0.2) is 18.2 Å². The van der Waals surface area contributed by atoms with Gasteiger partial charge in [0, 0.05) is 11.6 Å². The number of phenolic OH excluding ortho intramolecular Hbond substituents is 1. The lowest BCUT2D eigenvalue weighted by Gasteiger charge is -2.27. The topological polar surface area (TPSA) is 32.3 Å². The fraction of sp³-hybridized carbons (Fsp3) is 0.667. The van der Waals surface area contributed by atoms with Crippen molar-refractivity contribution in [3.8, 4) is 5.75 Å². The van der Waals surface area contributed by atoms with Crippen LogP contribution in [-0.2, 0) is 0 Å². The molecule has 0 saturated heterocycles. The highest BCUT2D eigenvalue weighted by Gasteiger charge is 2.18. The van der Waals surface area contributed by atoms with Gasteiger partial charge in [-0.1, -0.05) is 43.9 Å². The molecule has 1 saturated carbocycles. The molecule has 0 aromatic heterocycles. The number of benzene rings is 1. The maximum Gasteiger partial charge on any atom is 0.120 e. The van der Waals surface area contributed by atoms with E-state index in [4.69, 9.17) is 0 Å². The maximum atomic E-state index is 9.95. The van der Waals surface area contributed by atoms with E-state index in [9.17, 15) is 5.11 Å². The summed E-state index contributed by atoms with van der Waals surface area (Å²) in [7, 11) is 0. The highest BCUT2D eigenvalue weighted by atomic mass is 16.3. The lowest BCUT2D eigenvalue weighted by atomic mass is 9.81. The molecule has 0 heterocycles. The van der Waals surface area contributed by atoms with Crippen molar-refractivity contribution in [2.75, 3.05) is 6.54 Å². The second-order valence-corrected chi connectivity index (χ2v) is 6.66. The monoisotopic (exact) mass is 275 g/mol. The van der Waals surface area contributed by atoms with E-state index in [1.807, 2.05) is 6.07 Å². The number of aryl methyl sites for hydroxylation is 1. The Bertz CT molecular complexity index is 429. The van der Waals surface area contributed by atoms with Crippen LogP contribution in [0.3, 0.4) is 0 Å². The van der Waals surface area contributed by atoms with Gasteiger partial charge >= 0.3 is 0 Å². The fourth-order valence-corrected chi connectivity index (χ4v) is 3.46. The number of phenols is 1. The lowest BCUT2D eigenvalue weighted by molar-refractivity contribution is 0.265. The summed E-state index contributed by atoms with van der Waals surface area (Å²) >= 11 is 0. The highest BCUT2D eigenvalue weighted by molar-refractivity contribution is 5.37. The molecular weight excluding hydrogens is 246 g/mol. The summed E-state index contributed by atoms with van der Waals surface area (Å²) in [6.07, 6.45) is 6.88. The van der Waals surface area contributed by atoms with Crippen molar-refractivity contribution in [2.45, 2.75) is 58.9 Å². The Kier molecular flexibility index (Phi) is 5.47. The average molecular weight is 275 g/mol. The van der Waals surface area contributed by atoms with E-state index >= 15 is 0 Å². The third-order valence-electron chi connectivity index (χ3n) is 4.70. The molecular formula is C18H29NO. The molecule has 0 spiro atoms. The molecule has 1 fully saturated rings. The van der Waals surface area contributed by atoms with Crippen LogP contribution < -0.4 is 5.32 Å². The second kappa shape index (κ2) is 7.12. The molecule has 112 valence electrons. The second-order valence-electron chi connectivity index (χ2n) is 6.66. The first-order valence-corrected chi connectivity index (χ1v) is 8.09. The fourth-order valence-electron chi connectivity index (χ4n) is 3.46. The molecule has 1 aliphatic rings. The van der Waals surface area contributed by atoms with E-state index < -0.39 is 0 Å². The minimum Gasteiger partial charge on any atom is -0.508 e. The Morgan fingerprint density at radius 3 is 2.90 bits per heavy atom. The lowest BCUT2D eigenvalue weighted by Crippen LogP contribution is -2.24. The van der Waals surface area contributed by atoms with E-state index in [0.29, 0.717) is 5.75 Å². The van der Waals surface area contributed by atoms with E-state index in [0.717, 1.165) is 23.9 Å². The van der Waals surface area contributed by atoms with E-state index in [-0.39, 0.29) is 6.04 Å². The average Bonchev–Trinajstić information content (AvgIpc) is 2.41.